The number of carbonyl (C=O) groups is 2. The molecule has 2 N–H and O–H groups in total. The highest BCUT2D eigenvalue weighted by molar-refractivity contribution is 5.99. The molecule has 0 aliphatic carbocycles. The zero-order chi connectivity index (χ0) is 20.9. The Kier molecular flexibility index (Phi) is 10.1. The summed E-state index contributed by atoms with van der Waals surface area (Å²) >= 11 is 0. The first kappa shape index (κ1) is 22.8. The molecule has 0 aliphatic heterocycles. The van der Waals surface area contributed by atoms with Crippen molar-refractivity contribution >= 4 is 11.7 Å². The molecule has 0 saturated heterocycles. The van der Waals surface area contributed by atoms with E-state index in [9.17, 15) is 14.7 Å². The van der Waals surface area contributed by atoms with Crippen LogP contribution in [0.1, 0.15) is 83.7 Å². The fourth-order valence-electron chi connectivity index (χ4n) is 3.37. The van der Waals surface area contributed by atoms with Crippen molar-refractivity contribution in [2.45, 2.75) is 64.9 Å². The number of hydrogen-bond donors (Lipinski definition) is 2. The monoisotopic (exact) mass is 395 g/mol. The summed E-state index contributed by atoms with van der Waals surface area (Å²) in [4.78, 5) is 24.8. The predicted octanol–water partition coefficient (Wildman–Crippen LogP) is 5.08. The predicted molar refractivity (Wildman–Crippen MR) is 117 cm³/mol. The number of aliphatic hydroxyl groups is 1. The first-order chi connectivity index (χ1) is 14.2. The van der Waals surface area contributed by atoms with E-state index in [0.717, 1.165) is 18.4 Å². The van der Waals surface area contributed by atoms with Gasteiger partial charge in [0, 0.05) is 24.1 Å². The van der Waals surface area contributed by atoms with Crippen molar-refractivity contribution in [1.82, 2.24) is 5.32 Å². The Bertz CT molecular complexity index is 768. The van der Waals surface area contributed by atoms with Gasteiger partial charge in [0.15, 0.2) is 5.78 Å². The zero-order valence-corrected chi connectivity index (χ0v) is 17.5. The van der Waals surface area contributed by atoms with Gasteiger partial charge in [0.05, 0.1) is 6.61 Å². The Labute approximate surface area is 174 Å². The van der Waals surface area contributed by atoms with Crippen molar-refractivity contribution in [2.75, 3.05) is 6.54 Å². The van der Waals surface area contributed by atoms with E-state index in [1.54, 1.807) is 30.3 Å². The number of hydrogen-bond acceptors (Lipinski definition) is 3. The van der Waals surface area contributed by atoms with E-state index in [1.165, 1.54) is 32.1 Å². The van der Waals surface area contributed by atoms with Gasteiger partial charge in [-0.2, -0.15) is 0 Å². The van der Waals surface area contributed by atoms with Crippen molar-refractivity contribution in [3.63, 3.8) is 0 Å². The van der Waals surface area contributed by atoms with E-state index in [2.05, 4.69) is 12.2 Å². The number of carbonyl (C=O) groups excluding carboxylic acids is 2. The molecule has 0 heterocycles. The molecule has 29 heavy (non-hydrogen) atoms. The van der Waals surface area contributed by atoms with Crippen LogP contribution < -0.4 is 5.32 Å². The van der Waals surface area contributed by atoms with Crippen molar-refractivity contribution in [2.24, 2.45) is 0 Å². The average Bonchev–Trinajstić information content (AvgIpc) is 2.75. The maximum atomic E-state index is 12.5. The zero-order valence-electron chi connectivity index (χ0n) is 17.5. The van der Waals surface area contributed by atoms with Gasteiger partial charge >= 0.3 is 0 Å². The van der Waals surface area contributed by atoms with Crippen LogP contribution in [0.2, 0.25) is 0 Å². The number of unbranched alkanes of at least 4 members (excludes halogenated alkanes) is 6. The Morgan fingerprint density at radius 2 is 1.52 bits per heavy atom. The van der Waals surface area contributed by atoms with Crippen LogP contribution >= 0.6 is 0 Å². The van der Waals surface area contributed by atoms with E-state index in [0.29, 0.717) is 23.2 Å². The molecule has 0 spiro atoms. The van der Waals surface area contributed by atoms with Crippen molar-refractivity contribution in [3.8, 4) is 0 Å². The van der Waals surface area contributed by atoms with E-state index < -0.39 is 0 Å². The lowest BCUT2D eigenvalue weighted by Gasteiger charge is -2.08. The van der Waals surface area contributed by atoms with Gasteiger partial charge < -0.3 is 10.4 Å². The Hall–Kier alpha value is -2.46. The van der Waals surface area contributed by atoms with Gasteiger partial charge in [0.25, 0.3) is 5.91 Å². The van der Waals surface area contributed by atoms with Gasteiger partial charge in [0.1, 0.15) is 0 Å². The standard InChI is InChI=1S/C25H33NO3/c1-2-3-4-5-6-7-10-17-26-25(29)21-15-13-20(14-16-21)18-24(28)23-12-9-8-11-22(23)19-27/h8-9,11-16,27H,2-7,10,17-19H2,1H3,(H,26,29). The number of rotatable bonds is 13. The van der Waals surface area contributed by atoms with E-state index in [4.69, 9.17) is 0 Å². The summed E-state index contributed by atoms with van der Waals surface area (Å²) in [5, 5.41) is 12.4. The molecule has 2 aromatic carbocycles. The fraction of sp³-hybridized carbons (Fsp3) is 0.440. The van der Waals surface area contributed by atoms with Gasteiger partial charge in [0.2, 0.25) is 0 Å². The van der Waals surface area contributed by atoms with Crippen LogP contribution in [0.5, 0.6) is 0 Å². The third-order valence-electron chi connectivity index (χ3n) is 5.13. The van der Waals surface area contributed by atoms with Gasteiger partial charge in [-0.05, 0) is 29.7 Å². The second-order valence-corrected chi connectivity index (χ2v) is 7.49. The minimum atomic E-state index is -0.153. The molecule has 0 atom stereocenters. The summed E-state index contributed by atoms with van der Waals surface area (Å²) in [7, 11) is 0. The van der Waals surface area contributed by atoms with E-state index >= 15 is 0 Å². The van der Waals surface area contributed by atoms with Crippen LogP contribution in [0.15, 0.2) is 48.5 Å². The van der Waals surface area contributed by atoms with Crippen molar-refractivity contribution < 1.29 is 14.7 Å². The lowest BCUT2D eigenvalue weighted by molar-refractivity contribution is 0.0952. The quantitative estimate of drug-likeness (QED) is 0.367. The van der Waals surface area contributed by atoms with Crippen LogP contribution in [0.25, 0.3) is 0 Å². The largest absolute Gasteiger partial charge is 0.392 e. The first-order valence-electron chi connectivity index (χ1n) is 10.7. The highest BCUT2D eigenvalue weighted by atomic mass is 16.3. The molecule has 2 aromatic rings. The minimum absolute atomic E-state index is 0.0363. The molecule has 0 saturated carbocycles. The molecule has 1 amide bonds. The summed E-state index contributed by atoms with van der Waals surface area (Å²) in [6.45, 7) is 2.76. The smallest absolute Gasteiger partial charge is 0.251 e. The first-order valence-corrected chi connectivity index (χ1v) is 10.7. The lowest BCUT2D eigenvalue weighted by atomic mass is 9.98. The Balaban J connectivity index is 1.76. The highest BCUT2D eigenvalue weighted by Gasteiger charge is 2.12. The summed E-state index contributed by atoms with van der Waals surface area (Å²) in [5.74, 6) is -0.106. The molecule has 4 heteroatoms. The number of nitrogens with one attached hydrogen (secondary N) is 1. The molecule has 0 aromatic heterocycles. The number of benzene rings is 2. The molecule has 0 aliphatic rings. The second-order valence-electron chi connectivity index (χ2n) is 7.49. The Morgan fingerprint density at radius 1 is 0.862 bits per heavy atom. The molecule has 156 valence electrons. The molecule has 0 unspecified atom stereocenters. The number of amides is 1. The van der Waals surface area contributed by atoms with Crippen LogP contribution in [0, 0.1) is 0 Å². The molecular formula is C25H33NO3. The topological polar surface area (TPSA) is 66.4 Å². The van der Waals surface area contributed by atoms with Crippen LogP contribution in [-0.4, -0.2) is 23.3 Å². The van der Waals surface area contributed by atoms with Gasteiger partial charge in [-0.3, -0.25) is 9.59 Å². The fourth-order valence-corrected chi connectivity index (χ4v) is 3.37. The third kappa shape index (κ3) is 7.82. The number of aliphatic hydroxyl groups excluding tert-OH is 1. The average molecular weight is 396 g/mol. The molecule has 0 radical (unpaired) electrons. The molecule has 0 bridgehead atoms. The van der Waals surface area contributed by atoms with Crippen LogP contribution in [0.4, 0.5) is 0 Å². The van der Waals surface area contributed by atoms with Crippen molar-refractivity contribution in [1.29, 1.82) is 0 Å². The van der Waals surface area contributed by atoms with Gasteiger partial charge in [-0.15, -0.1) is 0 Å². The number of Topliss-reactive ketones (excluding diaryl/α,β-unsaturated/α-hetero) is 1. The van der Waals surface area contributed by atoms with Crippen LogP contribution in [0.3, 0.4) is 0 Å². The maximum Gasteiger partial charge on any atom is 0.251 e. The highest BCUT2D eigenvalue weighted by Crippen LogP contribution is 2.14. The summed E-state index contributed by atoms with van der Waals surface area (Å²) < 4.78 is 0. The second kappa shape index (κ2) is 12.9. The molecule has 2 rings (SSSR count). The van der Waals surface area contributed by atoms with E-state index in [1.807, 2.05) is 18.2 Å². The summed E-state index contributed by atoms with van der Waals surface area (Å²) in [6, 6.07) is 14.3. The number of ketones is 1. The molecule has 4 nitrogen and oxygen atoms in total. The van der Waals surface area contributed by atoms with Gasteiger partial charge in [-0.25, -0.2) is 0 Å². The lowest BCUT2D eigenvalue weighted by Crippen LogP contribution is -2.24. The van der Waals surface area contributed by atoms with Crippen LogP contribution in [-0.2, 0) is 13.0 Å². The molecule has 0 fully saturated rings. The van der Waals surface area contributed by atoms with Crippen molar-refractivity contribution in [3.05, 3.63) is 70.8 Å². The minimum Gasteiger partial charge on any atom is -0.392 e. The summed E-state index contributed by atoms with van der Waals surface area (Å²) in [6.07, 6.45) is 8.81. The molecular weight excluding hydrogens is 362 g/mol. The third-order valence-corrected chi connectivity index (χ3v) is 5.13. The normalized spacial score (nSPS) is 10.7. The maximum absolute atomic E-state index is 12.5. The van der Waals surface area contributed by atoms with Gasteiger partial charge in [-0.1, -0.05) is 81.8 Å². The Morgan fingerprint density at radius 3 is 2.21 bits per heavy atom. The SMILES string of the molecule is CCCCCCCCCNC(=O)c1ccc(CC(=O)c2ccccc2CO)cc1. The summed E-state index contributed by atoms with van der Waals surface area (Å²) in [5.41, 5.74) is 2.65. The van der Waals surface area contributed by atoms with E-state index in [-0.39, 0.29) is 24.7 Å².